The molecule has 0 saturated carbocycles. The molecule has 18 nitrogen and oxygen atoms in total. The number of azo groups is 3. The van der Waals surface area contributed by atoms with Gasteiger partial charge in [-0.05, 0) is 190 Å². The topological polar surface area (TPSA) is 265 Å². The fraction of sp³-hybridized carbons (Fsp3) is 0.0968. The Morgan fingerprint density at radius 1 is 0.360 bits per heavy atom. The first-order valence-electron chi connectivity index (χ1n) is 37.2. The Labute approximate surface area is 637 Å². The average molecular weight is 1450 g/mol. The van der Waals surface area contributed by atoms with Gasteiger partial charge in [-0.2, -0.15) is 26.3 Å². The molecular weight excluding hydrogens is 1380 g/mol. The van der Waals surface area contributed by atoms with Gasteiger partial charge in [-0.15, -0.1) is 15.3 Å². The van der Waals surface area contributed by atoms with Gasteiger partial charge in [0.05, 0.1) is 51.4 Å². The van der Waals surface area contributed by atoms with E-state index in [0.29, 0.717) is 51.1 Å². The summed E-state index contributed by atoms with van der Waals surface area (Å²) in [5, 5.41) is 87.8. The van der Waals surface area contributed by atoms with E-state index < -0.39 is 18.2 Å². The van der Waals surface area contributed by atoms with Crippen LogP contribution in [-0.4, -0.2) is 35.6 Å². The number of aromatic hydroxyl groups is 2. The first kappa shape index (κ1) is 69.2. The van der Waals surface area contributed by atoms with E-state index in [-0.39, 0.29) is 22.9 Å². The van der Waals surface area contributed by atoms with Crippen molar-refractivity contribution in [3.63, 3.8) is 0 Å². The van der Waals surface area contributed by atoms with Crippen molar-refractivity contribution in [2.24, 2.45) is 36.6 Å². The predicted molar refractivity (Wildman–Crippen MR) is 445 cm³/mol. The highest BCUT2D eigenvalue weighted by molar-refractivity contribution is 6.23. The second-order valence-corrected chi connectivity index (χ2v) is 27.9. The van der Waals surface area contributed by atoms with E-state index in [2.05, 4.69) is 112 Å². The molecule has 0 aliphatic carbocycles. The summed E-state index contributed by atoms with van der Waals surface area (Å²) in [4.78, 5) is 18.8. The smallest absolute Gasteiger partial charge is 0.150 e. The van der Waals surface area contributed by atoms with E-state index in [1.807, 2.05) is 218 Å². The summed E-state index contributed by atoms with van der Waals surface area (Å²) < 4.78 is 0. The van der Waals surface area contributed by atoms with Crippen LogP contribution in [-0.2, 0) is 24.1 Å². The SMILES string of the molecule is CCc1ccccc1C(NO)c1cc(N=Nc2ccc(N(c3ccc(N=Nc4c(O)c(C(NO)c5ccccc5CC)cc5ccc6c7ccccc7[nH]c6c45)cc3)c3ccc(N=Nc4c(O)c(C(ON)c5ccccc5CC)cc5ccc6c7ccccc7[nH]c6c45)cc3)cc2)c2c(ccc3c4ccccc4[nH]c32)c1. The van der Waals surface area contributed by atoms with Crippen LogP contribution in [0, 0.1) is 0 Å². The predicted octanol–water partition coefficient (Wildman–Crippen LogP) is 25.0. The number of benzene rings is 15. The largest absolute Gasteiger partial charge is 0.505 e. The zero-order valence-electron chi connectivity index (χ0n) is 60.8. The van der Waals surface area contributed by atoms with Crippen LogP contribution in [0.25, 0.3) is 97.7 Å². The van der Waals surface area contributed by atoms with Gasteiger partial charge in [-0.1, -0.05) is 185 Å². The van der Waals surface area contributed by atoms with Crippen LogP contribution in [0.2, 0.25) is 0 Å². The lowest BCUT2D eigenvalue weighted by Gasteiger charge is -2.25. The Kier molecular flexibility index (Phi) is 18.2. The Morgan fingerprint density at radius 2 is 0.730 bits per heavy atom. The number of nitrogens with zero attached hydrogens (tertiary/aromatic N) is 7. The maximum Gasteiger partial charge on any atom is 0.150 e. The Hall–Kier alpha value is -13.6. The normalized spacial score (nSPS) is 13.0. The summed E-state index contributed by atoms with van der Waals surface area (Å²) in [6, 6.07) is 90.6. The first-order chi connectivity index (χ1) is 54.6. The van der Waals surface area contributed by atoms with Gasteiger partial charge >= 0.3 is 0 Å². The molecule has 0 spiro atoms. The van der Waals surface area contributed by atoms with Crippen molar-refractivity contribution in [1.29, 1.82) is 0 Å². The molecule has 0 saturated heterocycles. The molecule has 0 fully saturated rings. The fourth-order valence-corrected chi connectivity index (χ4v) is 16.4. The summed E-state index contributed by atoms with van der Waals surface area (Å²) in [5.74, 6) is 5.94. The minimum Gasteiger partial charge on any atom is -0.505 e. The number of aryl methyl sites for hydroxylation is 3. The van der Waals surface area contributed by atoms with E-state index in [1.165, 1.54) is 0 Å². The summed E-state index contributed by atoms with van der Waals surface area (Å²) in [6.45, 7) is 6.24. The molecule has 3 atom stereocenters. The Morgan fingerprint density at radius 3 is 1.17 bits per heavy atom. The van der Waals surface area contributed by atoms with E-state index in [4.69, 9.17) is 41.4 Å². The molecule has 18 heteroatoms. The second kappa shape index (κ2) is 29.2. The van der Waals surface area contributed by atoms with E-state index >= 15 is 0 Å². The van der Waals surface area contributed by atoms with Crippen molar-refractivity contribution >= 4 is 149 Å². The van der Waals surface area contributed by atoms with Crippen molar-refractivity contribution in [3.8, 4) is 11.5 Å². The lowest BCUT2D eigenvalue weighted by atomic mass is 9.90. The number of para-hydroxylation sites is 3. The van der Waals surface area contributed by atoms with Gasteiger partial charge in [0.25, 0.3) is 0 Å². The van der Waals surface area contributed by atoms with Crippen molar-refractivity contribution in [3.05, 3.63) is 329 Å². The van der Waals surface area contributed by atoms with Crippen LogP contribution in [0.5, 0.6) is 11.5 Å². The Bertz CT molecular complexity index is 6470. The van der Waals surface area contributed by atoms with Crippen molar-refractivity contribution in [1.82, 2.24) is 25.9 Å². The molecule has 111 heavy (non-hydrogen) atoms. The molecule has 0 amide bonds. The molecule has 15 aromatic carbocycles. The maximum absolute atomic E-state index is 12.7. The summed E-state index contributed by atoms with van der Waals surface area (Å²) >= 11 is 0. The van der Waals surface area contributed by atoms with Gasteiger partial charge in [0.1, 0.15) is 29.0 Å². The molecule has 18 aromatic rings. The number of anilines is 3. The van der Waals surface area contributed by atoms with Crippen LogP contribution < -0.4 is 21.8 Å². The van der Waals surface area contributed by atoms with Crippen LogP contribution in [0.15, 0.2) is 310 Å². The molecule has 3 unspecified atom stereocenters. The molecule has 0 aliphatic rings. The van der Waals surface area contributed by atoms with Crippen LogP contribution in [0.3, 0.4) is 0 Å². The third-order valence-electron chi connectivity index (χ3n) is 21.8. The molecule has 11 N–H and O–H groups in total. The lowest BCUT2D eigenvalue weighted by molar-refractivity contribution is 0.0791. The first-order valence-corrected chi connectivity index (χ1v) is 37.2. The monoisotopic (exact) mass is 1450 g/mol. The van der Waals surface area contributed by atoms with Crippen LogP contribution >= 0.6 is 0 Å². The number of aromatic nitrogens is 3. The third kappa shape index (κ3) is 12.3. The molecule has 0 aliphatic heterocycles. The molecule has 0 radical (unpaired) electrons. The number of nitrogens with two attached hydrogens (primary N) is 1. The quantitative estimate of drug-likeness (QED) is 0.0242. The van der Waals surface area contributed by atoms with Gasteiger partial charge in [-0.3, -0.25) is 4.84 Å². The highest BCUT2D eigenvalue weighted by atomic mass is 16.6. The van der Waals surface area contributed by atoms with E-state index in [9.17, 15) is 20.6 Å². The number of phenolic OH excluding ortho intramolecular Hbond substituents is 2. The fourth-order valence-electron chi connectivity index (χ4n) is 16.4. The van der Waals surface area contributed by atoms with Gasteiger partial charge in [0, 0.05) is 93.2 Å². The minimum atomic E-state index is -0.828. The average Bonchev–Trinajstić information content (AvgIpc) is 1.67. The highest BCUT2D eigenvalue weighted by Gasteiger charge is 2.29. The third-order valence-corrected chi connectivity index (χ3v) is 21.8. The number of fused-ring (bicyclic) bond motifs is 15. The van der Waals surface area contributed by atoms with Gasteiger partial charge in [0.15, 0.2) is 0 Å². The number of nitrogens with one attached hydrogen (secondary N) is 5. The highest BCUT2D eigenvalue weighted by Crippen LogP contribution is 2.51. The van der Waals surface area contributed by atoms with Gasteiger partial charge in [0.2, 0.25) is 0 Å². The van der Waals surface area contributed by atoms with Crippen LogP contribution in [0.4, 0.5) is 51.2 Å². The lowest BCUT2D eigenvalue weighted by Crippen LogP contribution is -2.20. The van der Waals surface area contributed by atoms with Crippen LogP contribution in [0.1, 0.15) is 89.0 Å². The zero-order chi connectivity index (χ0) is 75.4. The molecule has 18 rings (SSSR count). The molecule has 3 aromatic heterocycles. The number of rotatable bonds is 21. The second-order valence-electron chi connectivity index (χ2n) is 27.9. The molecule has 3 heterocycles. The molecule has 0 bridgehead atoms. The zero-order valence-corrected chi connectivity index (χ0v) is 60.8. The number of phenols is 2. The molecular formula is C93H75N13O5. The van der Waals surface area contributed by atoms with Gasteiger partial charge in [-0.25, -0.2) is 5.90 Å². The van der Waals surface area contributed by atoms with Crippen molar-refractivity contribution < 1.29 is 25.5 Å². The van der Waals surface area contributed by atoms with Crippen molar-refractivity contribution in [2.75, 3.05) is 4.90 Å². The number of hydrogen-bond acceptors (Lipinski definition) is 15. The Balaban J connectivity index is 0.745. The standard InChI is InChI=1S/C93H75N13O5/c1-4-53-19-7-10-22-66(53)84(104-109)59-49-56-31-46-72-69-25-13-16-28-77(69)95-86(72)81(56)80(52-59)101-98-60-34-40-63(41-35-60)106(64-42-36-61(37-43-64)99-102-89-82-57(32-47-73-70-26-14-17-29-78(70)96-87(73)82)50-75(91(89)107)85(105-110)67-23-11-8-20-54(67)5-2)65-44-38-62(39-45-65)100-103-90-83-58(33-48-74-71-27-15-18-30-79(71)97-88(74)83)51-76(92(90)108)93(111-94)68-24-12-9-21-55(68)6-3/h7-52,84-85,93,95-97,104-105,107-110H,4-6,94H2,1-3H3. The number of H-pyrrole nitrogens is 3. The number of hydrogen-bond donors (Lipinski definition) is 10. The van der Waals surface area contributed by atoms with E-state index in [1.54, 1.807) is 0 Å². The summed E-state index contributed by atoms with van der Waals surface area (Å²) in [6.07, 6.45) is 1.38. The number of hydroxylamine groups is 2. The maximum atomic E-state index is 12.7. The van der Waals surface area contributed by atoms with E-state index in [0.717, 1.165) is 156 Å². The van der Waals surface area contributed by atoms with Crippen molar-refractivity contribution in [2.45, 2.75) is 58.2 Å². The summed E-state index contributed by atoms with van der Waals surface area (Å²) in [7, 11) is 0. The molecule has 542 valence electrons. The number of aromatic amines is 3. The summed E-state index contributed by atoms with van der Waals surface area (Å²) in [5.41, 5.74) is 23.0. The van der Waals surface area contributed by atoms with Gasteiger partial charge < -0.3 is 40.5 Å². The minimum absolute atomic E-state index is 0.117.